The molecule has 0 atom stereocenters. The highest BCUT2D eigenvalue weighted by molar-refractivity contribution is 5.41. The Morgan fingerprint density at radius 1 is 1.46 bits per heavy atom. The summed E-state index contributed by atoms with van der Waals surface area (Å²) in [5, 5.41) is 10.6. The van der Waals surface area contributed by atoms with Crippen molar-refractivity contribution in [2.75, 3.05) is 0 Å². The van der Waals surface area contributed by atoms with Gasteiger partial charge in [0.2, 0.25) is 0 Å². The van der Waals surface area contributed by atoms with Gasteiger partial charge in [0.25, 0.3) is 5.69 Å². The summed E-state index contributed by atoms with van der Waals surface area (Å²) in [4.78, 5) is 14.0. The van der Waals surface area contributed by atoms with Crippen LogP contribution >= 0.6 is 0 Å². The van der Waals surface area contributed by atoms with Gasteiger partial charge in [0.15, 0.2) is 0 Å². The molecule has 0 bridgehead atoms. The molecule has 0 N–H and O–H groups in total. The molecule has 0 aliphatic rings. The van der Waals surface area contributed by atoms with Crippen molar-refractivity contribution in [3.05, 3.63) is 34.1 Å². The second-order valence-corrected chi connectivity index (χ2v) is 3.90. The second-order valence-electron chi connectivity index (χ2n) is 3.90. The summed E-state index contributed by atoms with van der Waals surface area (Å²) in [5.41, 5.74) is 0.591. The SMILES string of the molecule is CC(C)(C)c1ccncc1[N+](=O)[O-]. The van der Waals surface area contributed by atoms with E-state index in [4.69, 9.17) is 0 Å². The maximum Gasteiger partial charge on any atom is 0.291 e. The summed E-state index contributed by atoms with van der Waals surface area (Å²) >= 11 is 0. The Labute approximate surface area is 76.8 Å². The van der Waals surface area contributed by atoms with E-state index in [1.807, 2.05) is 20.8 Å². The number of nitrogens with zero attached hydrogens (tertiary/aromatic N) is 2. The van der Waals surface area contributed by atoms with Crippen LogP contribution < -0.4 is 0 Å². The molecule has 1 aromatic heterocycles. The van der Waals surface area contributed by atoms with E-state index in [0.717, 1.165) is 0 Å². The summed E-state index contributed by atoms with van der Waals surface area (Å²) in [5.74, 6) is 0. The zero-order valence-corrected chi connectivity index (χ0v) is 7.94. The van der Waals surface area contributed by atoms with Gasteiger partial charge in [-0.3, -0.25) is 15.1 Å². The summed E-state index contributed by atoms with van der Waals surface area (Å²) in [6, 6.07) is 1.69. The quantitative estimate of drug-likeness (QED) is 0.492. The average Bonchev–Trinajstić information content (AvgIpc) is 2.03. The van der Waals surface area contributed by atoms with E-state index in [2.05, 4.69) is 4.98 Å². The van der Waals surface area contributed by atoms with Gasteiger partial charge in [-0.15, -0.1) is 0 Å². The molecule has 0 aliphatic carbocycles. The first kappa shape index (κ1) is 9.64. The van der Waals surface area contributed by atoms with E-state index in [0.29, 0.717) is 5.56 Å². The van der Waals surface area contributed by atoms with Gasteiger partial charge >= 0.3 is 0 Å². The van der Waals surface area contributed by atoms with Crippen molar-refractivity contribution in [3.63, 3.8) is 0 Å². The van der Waals surface area contributed by atoms with Crippen LogP contribution in [0.1, 0.15) is 26.3 Å². The van der Waals surface area contributed by atoms with Crippen molar-refractivity contribution in [2.24, 2.45) is 0 Å². The predicted molar refractivity (Wildman–Crippen MR) is 49.6 cm³/mol. The Balaban J connectivity index is 3.28. The minimum atomic E-state index is -0.395. The molecule has 0 unspecified atom stereocenters. The highest BCUT2D eigenvalue weighted by Crippen LogP contribution is 2.29. The van der Waals surface area contributed by atoms with Crippen molar-refractivity contribution < 1.29 is 4.92 Å². The summed E-state index contributed by atoms with van der Waals surface area (Å²) < 4.78 is 0. The van der Waals surface area contributed by atoms with Gasteiger partial charge in [0, 0.05) is 11.8 Å². The zero-order chi connectivity index (χ0) is 10.1. The number of pyridine rings is 1. The Kier molecular flexibility index (Phi) is 2.32. The van der Waals surface area contributed by atoms with Crippen LogP contribution in [0.2, 0.25) is 0 Å². The van der Waals surface area contributed by atoms with Crippen molar-refractivity contribution in [1.29, 1.82) is 0 Å². The molecule has 70 valence electrons. The van der Waals surface area contributed by atoms with Crippen LogP contribution in [0, 0.1) is 10.1 Å². The van der Waals surface area contributed by atoms with E-state index in [-0.39, 0.29) is 11.1 Å². The molecule has 0 fully saturated rings. The van der Waals surface area contributed by atoms with E-state index in [1.165, 1.54) is 6.20 Å². The lowest BCUT2D eigenvalue weighted by Gasteiger charge is -2.17. The van der Waals surface area contributed by atoms with Crippen molar-refractivity contribution in [3.8, 4) is 0 Å². The highest BCUT2D eigenvalue weighted by atomic mass is 16.6. The summed E-state index contributed by atoms with van der Waals surface area (Å²) in [6.07, 6.45) is 2.87. The van der Waals surface area contributed by atoms with Crippen LogP contribution in [0.3, 0.4) is 0 Å². The monoisotopic (exact) mass is 180 g/mol. The van der Waals surface area contributed by atoms with E-state index >= 15 is 0 Å². The Morgan fingerprint density at radius 3 is 2.46 bits per heavy atom. The largest absolute Gasteiger partial charge is 0.291 e. The third kappa shape index (κ3) is 2.02. The fourth-order valence-electron chi connectivity index (χ4n) is 1.17. The molecule has 1 rings (SSSR count). The molecular formula is C9H12N2O2. The molecule has 0 saturated heterocycles. The van der Waals surface area contributed by atoms with Crippen LogP contribution in [0.4, 0.5) is 5.69 Å². The third-order valence-corrected chi connectivity index (χ3v) is 1.80. The van der Waals surface area contributed by atoms with Crippen LogP contribution in [0.15, 0.2) is 18.5 Å². The molecule has 0 amide bonds. The van der Waals surface area contributed by atoms with Crippen LogP contribution in [-0.2, 0) is 5.41 Å². The molecule has 0 saturated carbocycles. The van der Waals surface area contributed by atoms with E-state index in [1.54, 1.807) is 12.3 Å². The van der Waals surface area contributed by atoms with Crippen molar-refractivity contribution in [1.82, 2.24) is 4.98 Å². The Hall–Kier alpha value is -1.45. The van der Waals surface area contributed by atoms with Crippen LogP contribution in [0.5, 0.6) is 0 Å². The third-order valence-electron chi connectivity index (χ3n) is 1.80. The summed E-state index contributed by atoms with van der Waals surface area (Å²) in [7, 11) is 0. The Bertz CT molecular complexity index is 329. The first-order chi connectivity index (χ1) is 5.93. The number of aromatic nitrogens is 1. The molecule has 13 heavy (non-hydrogen) atoms. The maximum atomic E-state index is 10.6. The molecule has 1 aromatic rings. The van der Waals surface area contributed by atoms with Crippen LogP contribution in [0.25, 0.3) is 0 Å². The molecule has 4 nitrogen and oxygen atoms in total. The fourth-order valence-corrected chi connectivity index (χ4v) is 1.17. The molecule has 0 spiro atoms. The normalized spacial score (nSPS) is 11.3. The maximum absolute atomic E-state index is 10.6. The molecule has 4 heteroatoms. The van der Waals surface area contributed by atoms with Crippen LogP contribution in [-0.4, -0.2) is 9.91 Å². The number of hydrogen-bond acceptors (Lipinski definition) is 3. The second kappa shape index (κ2) is 3.12. The fraction of sp³-hybridized carbons (Fsp3) is 0.444. The van der Waals surface area contributed by atoms with Gasteiger partial charge in [-0.25, -0.2) is 0 Å². The van der Waals surface area contributed by atoms with E-state index < -0.39 is 4.92 Å². The topological polar surface area (TPSA) is 56.0 Å². The minimum Gasteiger partial charge on any atom is -0.258 e. The lowest BCUT2D eigenvalue weighted by molar-refractivity contribution is -0.386. The lowest BCUT2D eigenvalue weighted by Crippen LogP contribution is -2.13. The molecule has 0 aliphatic heterocycles. The average molecular weight is 180 g/mol. The predicted octanol–water partition coefficient (Wildman–Crippen LogP) is 2.29. The van der Waals surface area contributed by atoms with Gasteiger partial charge in [-0.05, 0) is 11.5 Å². The van der Waals surface area contributed by atoms with Crippen molar-refractivity contribution >= 4 is 5.69 Å². The standard InChI is InChI=1S/C9H12N2O2/c1-9(2,3)7-4-5-10-6-8(7)11(12)13/h4-6H,1-3H3. The van der Waals surface area contributed by atoms with Gasteiger partial charge in [0.05, 0.1) is 4.92 Å². The van der Waals surface area contributed by atoms with Crippen molar-refractivity contribution in [2.45, 2.75) is 26.2 Å². The molecule has 1 heterocycles. The van der Waals surface area contributed by atoms with E-state index in [9.17, 15) is 10.1 Å². The molecule has 0 radical (unpaired) electrons. The number of nitro groups is 1. The molecular weight excluding hydrogens is 168 g/mol. The Morgan fingerprint density at radius 2 is 2.08 bits per heavy atom. The van der Waals surface area contributed by atoms with Gasteiger partial charge in [-0.1, -0.05) is 20.8 Å². The van der Waals surface area contributed by atoms with Gasteiger partial charge in [-0.2, -0.15) is 0 Å². The lowest BCUT2D eigenvalue weighted by atomic mass is 9.87. The first-order valence-corrected chi connectivity index (χ1v) is 4.02. The minimum absolute atomic E-state index is 0.0926. The molecule has 0 aromatic carbocycles. The first-order valence-electron chi connectivity index (χ1n) is 4.02. The summed E-state index contributed by atoms with van der Waals surface area (Å²) in [6.45, 7) is 5.82. The smallest absolute Gasteiger partial charge is 0.258 e. The zero-order valence-electron chi connectivity index (χ0n) is 7.94. The number of hydrogen-bond donors (Lipinski definition) is 0. The highest BCUT2D eigenvalue weighted by Gasteiger charge is 2.24. The van der Waals surface area contributed by atoms with Gasteiger partial charge < -0.3 is 0 Å². The van der Waals surface area contributed by atoms with Gasteiger partial charge in [0.1, 0.15) is 6.20 Å². The number of rotatable bonds is 1.